The van der Waals surface area contributed by atoms with Gasteiger partial charge in [-0.25, -0.2) is 0 Å². The third kappa shape index (κ3) is 1.83. The summed E-state index contributed by atoms with van der Waals surface area (Å²) < 4.78 is 0. The van der Waals surface area contributed by atoms with Crippen molar-refractivity contribution in [3.05, 3.63) is 35.0 Å². The van der Waals surface area contributed by atoms with Gasteiger partial charge in [-0.3, -0.25) is 5.10 Å². The summed E-state index contributed by atoms with van der Waals surface area (Å²) >= 11 is 5.97. The van der Waals surface area contributed by atoms with Gasteiger partial charge in [0.1, 0.15) is 5.82 Å². The highest BCUT2D eigenvalue weighted by atomic mass is 35.5. The Bertz CT molecular complexity index is 476. The van der Waals surface area contributed by atoms with Gasteiger partial charge in [-0.15, -0.1) is 0 Å². The van der Waals surface area contributed by atoms with Crippen molar-refractivity contribution in [2.75, 3.05) is 5.73 Å². The number of halogens is 1. The first kappa shape index (κ1) is 10.1. The minimum absolute atomic E-state index is 0.576. The smallest absolute Gasteiger partial charge is 0.126 e. The van der Waals surface area contributed by atoms with E-state index in [0.29, 0.717) is 10.8 Å². The van der Waals surface area contributed by atoms with Crippen LogP contribution in [0.1, 0.15) is 12.5 Å². The molecule has 2 aromatic rings. The van der Waals surface area contributed by atoms with E-state index in [1.165, 1.54) is 5.56 Å². The van der Waals surface area contributed by atoms with E-state index >= 15 is 0 Å². The van der Waals surface area contributed by atoms with Crippen LogP contribution in [0.5, 0.6) is 0 Å². The minimum Gasteiger partial charge on any atom is -0.384 e. The highest BCUT2D eigenvalue weighted by Crippen LogP contribution is 2.30. The molecule has 0 aliphatic rings. The number of nitrogens with one attached hydrogen (secondary N) is 1. The zero-order valence-corrected chi connectivity index (χ0v) is 9.17. The Balaban J connectivity index is 2.60. The molecule has 0 fully saturated rings. The Labute approximate surface area is 93.3 Å². The molecule has 0 saturated heterocycles. The number of benzene rings is 1. The van der Waals surface area contributed by atoms with Crippen LogP contribution in [0.2, 0.25) is 5.02 Å². The molecular formula is C11H12ClN3. The first-order valence-electron chi connectivity index (χ1n) is 4.80. The Morgan fingerprint density at radius 3 is 2.80 bits per heavy atom. The van der Waals surface area contributed by atoms with Crippen molar-refractivity contribution in [3.8, 4) is 11.1 Å². The van der Waals surface area contributed by atoms with Crippen molar-refractivity contribution in [1.29, 1.82) is 0 Å². The second-order valence-corrected chi connectivity index (χ2v) is 3.79. The van der Waals surface area contributed by atoms with E-state index in [2.05, 4.69) is 17.1 Å². The minimum atomic E-state index is 0.576. The van der Waals surface area contributed by atoms with Gasteiger partial charge in [0, 0.05) is 10.6 Å². The Hall–Kier alpha value is -1.48. The van der Waals surface area contributed by atoms with Crippen molar-refractivity contribution in [1.82, 2.24) is 10.2 Å². The van der Waals surface area contributed by atoms with E-state index in [9.17, 15) is 0 Å². The molecule has 1 aromatic heterocycles. The number of nitrogens with two attached hydrogens (primary N) is 1. The maximum Gasteiger partial charge on any atom is 0.126 e. The molecule has 1 heterocycles. The third-order valence-electron chi connectivity index (χ3n) is 2.41. The quantitative estimate of drug-likeness (QED) is 0.820. The Morgan fingerprint density at radius 1 is 1.40 bits per heavy atom. The lowest BCUT2D eigenvalue weighted by Gasteiger charge is -2.07. The molecule has 0 atom stereocenters. The lowest BCUT2D eigenvalue weighted by molar-refractivity contribution is 1.10. The van der Waals surface area contributed by atoms with E-state index in [1.807, 2.05) is 18.2 Å². The van der Waals surface area contributed by atoms with E-state index in [0.717, 1.165) is 17.5 Å². The summed E-state index contributed by atoms with van der Waals surface area (Å²) in [6.07, 6.45) is 2.66. The standard InChI is InChI=1S/C11H12ClN3/c1-2-7-3-4-8(12)5-9(7)10-6-14-15-11(10)13/h3-6H,2H2,1H3,(H3,13,14,15). The molecule has 15 heavy (non-hydrogen) atoms. The summed E-state index contributed by atoms with van der Waals surface area (Å²) in [5.41, 5.74) is 8.96. The molecule has 3 nitrogen and oxygen atoms in total. The first-order valence-corrected chi connectivity index (χ1v) is 5.17. The van der Waals surface area contributed by atoms with Gasteiger partial charge in [0.2, 0.25) is 0 Å². The molecule has 2 rings (SSSR count). The van der Waals surface area contributed by atoms with Crippen LogP contribution in [0.15, 0.2) is 24.4 Å². The summed E-state index contributed by atoms with van der Waals surface area (Å²) in [6.45, 7) is 2.10. The number of aromatic nitrogens is 2. The number of H-pyrrole nitrogens is 1. The van der Waals surface area contributed by atoms with Crippen molar-refractivity contribution in [2.24, 2.45) is 0 Å². The number of anilines is 1. The molecule has 0 saturated carbocycles. The van der Waals surface area contributed by atoms with Crippen molar-refractivity contribution < 1.29 is 0 Å². The van der Waals surface area contributed by atoms with E-state index in [4.69, 9.17) is 17.3 Å². The largest absolute Gasteiger partial charge is 0.384 e. The van der Waals surface area contributed by atoms with Gasteiger partial charge in [-0.1, -0.05) is 24.6 Å². The molecule has 0 bridgehead atoms. The lowest BCUT2D eigenvalue weighted by Crippen LogP contribution is -1.91. The molecule has 4 heteroatoms. The average molecular weight is 222 g/mol. The number of aryl methyl sites for hydroxylation is 1. The molecule has 0 unspecified atom stereocenters. The summed E-state index contributed by atoms with van der Waals surface area (Å²) in [7, 11) is 0. The molecule has 0 amide bonds. The van der Waals surface area contributed by atoms with Crippen LogP contribution in [0.3, 0.4) is 0 Å². The number of nitrogens with zero attached hydrogens (tertiary/aromatic N) is 1. The number of rotatable bonds is 2. The molecular weight excluding hydrogens is 210 g/mol. The van der Waals surface area contributed by atoms with Crippen molar-refractivity contribution in [3.63, 3.8) is 0 Å². The summed E-state index contributed by atoms with van der Waals surface area (Å²) in [5.74, 6) is 0.576. The van der Waals surface area contributed by atoms with Crippen LogP contribution in [0, 0.1) is 0 Å². The van der Waals surface area contributed by atoms with Gasteiger partial charge in [0.05, 0.1) is 6.20 Å². The molecule has 0 spiro atoms. The third-order valence-corrected chi connectivity index (χ3v) is 2.65. The van der Waals surface area contributed by atoms with Crippen LogP contribution in [-0.4, -0.2) is 10.2 Å². The maximum absolute atomic E-state index is 5.97. The normalized spacial score (nSPS) is 10.5. The number of aromatic amines is 1. The zero-order valence-electron chi connectivity index (χ0n) is 8.42. The SMILES string of the molecule is CCc1ccc(Cl)cc1-c1cn[nH]c1N. The van der Waals surface area contributed by atoms with Gasteiger partial charge >= 0.3 is 0 Å². The summed E-state index contributed by atoms with van der Waals surface area (Å²) in [6, 6.07) is 5.83. The van der Waals surface area contributed by atoms with Gasteiger partial charge in [0.15, 0.2) is 0 Å². The highest BCUT2D eigenvalue weighted by Gasteiger charge is 2.09. The maximum atomic E-state index is 5.97. The summed E-state index contributed by atoms with van der Waals surface area (Å²) in [5, 5.41) is 7.34. The van der Waals surface area contributed by atoms with E-state index in [1.54, 1.807) is 6.20 Å². The zero-order chi connectivity index (χ0) is 10.8. The Morgan fingerprint density at radius 2 is 2.20 bits per heavy atom. The van der Waals surface area contributed by atoms with Gasteiger partial charge in [-0.2, -0.15) is 5.10 Å². The van der Waals surface area contributed by atoms with Crippen molar-refractivity contribution in [2.45, 2.75) is 13.3 Å². The molecule has 1 aromatic carbocycles. The molecule has 78 valence electrons. The fourth-order valence-electron chi connectivity index (χ4n) is 1.62. The first-order chi connectivity index (χ1) is 7.22. The van der Waals surface area contributed by atoms with E-state index < -0.39 is 0 Å². The monoisotopic (exact) mass is 221 g/mol. The molecule has 0 aliphatic heterocycles. The van der Waals surface area contributed by atoms with Crippen molar-refractivity contribution >= 4 is 17.4 Å². The van der Waals surface area contributed by atoms with Gasteiger partial charge < -0.3 is 5.73 Å². The molecule has 3 N–H and O–H groups in total. The summed E-state index contributed by atoms with van der Waals surface area (Å²) in [4.78, 5) is 0. The van der Waals surface area contributed by atoms with Crippen LogP contribution in [0.25, 0.3) is 11.1 Å². The van der Waals surface area contributed by atoms with E-state index in [-0.39, 0.29) is 0 Å². The highest BCUT2D eigenvalue weighted by molar-refractivity contribution is 6.30. The average Bonchev–Trinajstić information content (AvgIpc) is 2.64. The molecule has 0 aliphatic carbocycles. The fraction of sp³-hybridized carbons (Fsp3) is 0.182. The predicted molar refractivity (Wildman–Crippen MR) is 62.8 cm³/mol. The number of nitrogen functional groups attached to an aromatic ring is 1. The lowest BCUT2D eigenvalue weighted by atomic mass is 10.0. The van der Waals surface area contributed by atoms with Crippen LogP contribution in [0.4, 0.5) is 5.82 Å². The van der Waals surface area contributed by atoms with Crippen LogP contribution in [-0.2, 0) is 6.42 Å². The number of hydrogen-bond donors (Lipinski definition) is 2. The van der Waals surface area contributed by atoms with Crippen LogP contribution >= 0.6 is 11.6 Å². The Kier molecular flexibility index (Phi) is 2.64. The fourth-order valence-corrected chi connectivity index (χ4v) is 1.79. The second kappa shape index (κ2) is 3.95. The predicted octanol–water partition coefficient (Wildman–Crippen LogP) is 2.87. The molecule has 0 radical (unpaired) electrons. The second-order valence-electron chi connectivity index (χ2n) is 3.35. The number of hydrogen-bond acceptors (Lipinski definition) is 2. The topological polar surface area (TPSA) is 54.7 Å². The van der Waals surface area contributed by atoms with Crippen LogP contribution < -0.4 is 5.73 Å². The van der Waals surface area contributed by atoms with Gasteiger partial charge in [0.25, 0.3) is 0 Å². The van der Waals surface area contributed by atoms with Gasteiger partial charge in [-0.05, 0) is 29.7 Å².